The molecule has 1 fully saturated rings. The van der Waals surface area contributed by atoms with E-state index in [0.29, 0.717) is 26.1 Å². The van der Waals surface area contributed by atoms with Crippen molar-refractivity contribution in [1.29, 1.82) is 0 Å². The van der Waals surface area contributed by atoms with E-state index in [9.17, 15) is 31.1 Å². The molecule has 0 radical (unpaired) electrons. The van der Waals surface area contributed by atoms with E-state index >= 15 is 0 Å². The molecule has 0 aromatic heterocycles. The Bertz CT molecular complexity index is 902. The number of allylic oxidation sites excluding steroid dienone is 4. The summed E-state index contributed by atoms with van der Waals surface area (Å²) in [4.78, 5) is 11.4. The Morgan fingerprint density at radius 3 is 2.29 bits per heavy atom. The molecule has 1 aromatic carbocycles. The summed E-state index contributed by atoms with van der Waals surface area (Å²) < 4.78 is 81.6. The highest BCUT2D eigenvalue weighted by atomic mass is 19.4. The zero-order valence-electron chi connectivity index (χ0n) is 19.2. The molecule has 1 saturated carbocycles. The zero-order valence-corrected chi connectivity index (χ0v) is 19.2. The van der Waals surface area contributed by atoms with Gasteiger partial charge in [-0.25, -0.2) is 8.78 Å². The fourth-order valence-electron chi connectivity index (χ4n) is 4.24. The maximum absolute atomic E-state index is 13.3. The molecular weight excluding hydrogens is 460 g/mol. The van der Waals surface area contributed by atoms with Crippen LogP contribution in [-0.2, 0) is 14.9 Å². The lowest BCUT2D eigenvalue weighted by atomic mass is 9.62. The lowest BCUT2D eigenvalue weighted by Gasteiger charge is -2.48. The molecule has 34 heavy (non-hydrogen) atoms. The minimum absolute atomic E-state index is 0.00418. The van der Waals surface area contributed by atoms with Crippen molar-refractivity contribution >= 4 is 5.91 Å². The summed E-state index contributed by atoms with van der Waals surface area (Å²) >= 11 is 0. The lowest BCUT2D eigenvalue weighted by molar-refractivity contribution is -0.149. The van der Waals surface area contributed by atoms with Crippen LogP contribution in [0.4, 0.5) is 26.3 Å². The van der Waals surface area contributed by atoms with Gasteiger partial charge in [0.1, 0.15) is 0 Å². The molecule has 3 nitrogen and oxygen atoms in total. The Labute approximate surface area is 195 Å². The van der Waals surface area contributed by atoms with Gasteiger partial charge in [0.05, 0.1) is 25.8 Å². The van der Waals surface area contributed by atoms with E-state index in [2.05, 4.69) is 5.32 Å². The number of carbonyl (C=O) groups excluding carboxylic acids is 1. The molecule has 0 heterocycles. The molecule has 188 valence electrons. The van der Waals surface area contributed by atoms with E-state index in [-0.39, 0.29) is 29.5 Å². The van der Waals surface area contributed by atoms with Crippen LogP contribution < -0.4 is 5.32 Å². The number of rotatable bonds is 7. The van der Waals surface area contributed by atoms with E-state index < -0.39 is 30.2 Å². The van der Waals surface area contributed by atoms with Gasteiger partial charge in [0.2, 0.25) is 5.91 Å². The van der Waals surface area contributed by atoms with Crippen molar-refractivity contribution in [3.63, 3.8) is 0 Å². The molecule has 1 N–H and O–H groups in total. The molecule has 2 unspecified atom stereocenters. The molecular formula is C25H29F6NO2. The second-order valence-electron chi connectivity index (χ2n) is 8.44. The molecule has 1 aromatic rings. The molecule has 0 saturated heterocycles. The number of alkyl halides is 6. The van der Waals surface area contributed by atoms with E-state index in [4.69, 9.17) is 4.74 Å². The van der Waals surface area contributed by atoms with Crippen LogP contribution in [0.1, 0.15) is 32.3 Å². The first-order valence-electron chi connectivity index (χ1n) is 10.8. The summed E-state index contributed by atoms with van der Waals surface area (Å²) in [6.07, 6.45) is -3.35. The number of hydrogen-bond donors (Lipinski definition) is 1. The average Bonchev–Trinajstić information content (AvgIpc) is 3.00. The molecule has 0 bridgehead atoms. The van der Waals surface area contributed by atoms with Gasteiger partial charge in [-0.05, 0) is 37.0 Å². The van der Waals surface area contributed by atoms with Gasteiger partial charge in [-0.3, -0.25) is 9.18 Å². The Balaban J connectivity index is 0.00000199. The summed E-state index contributed by atoms with van der Waals surface area (Å²) in [5, 5.41) is 2.89. The maximum atomic E-state index is 13.3. The summed E-state index contributed by atoms with van der Waals surface area (Å²) in [5.41, 5.74) is 0.247. The Hall–Kier alpha value is -2.55. The monoisotopic (exact) mass is 489 g/mol. The lowest BCUT2D eigenvalue weighted by Crippen LogP contribution is -2.55. The zero-order chi connectivity index (χ0) is 25.5. The SMILES string of the molecule is CC(=O)NC1CC(COC(C)C2=CC(C(F)F)=CC(C(F)(F)F)C=C2)(c2ccccc2)C1.CF. The largest absolute Gasteiger partial charge is 0.398 e. The summed E-state index contributed by atoms with van der Waals surface area (Å²) in [6, 6.07) is 9.63. The number of hydrogen-bond acceptors (Lipinski definition) is 2. The first kappa shape index (κ1) is 27.7. The van der Waals surface area contributed by atoms with Crippen LogP contribution in [-0.4, -0.2) is 44.4 Å². The first-order valence-corrected chi connectivity index (χ1v) is 10.8. The molecule has 0 spiro atoms. The Morgan fingerprint density at radius 1 is 1.15 bits per heavy atom. The molecule has 1 amide bonds. The van der Waals surface area contributed by atoms with Gasteiger partial charge in [0.25, 0.3) is 6.43 Å². The third kappa shape index (κ3) is 6.98. The number of halogens is 6. The number of nitrogens with one attached hydrogen (secondary N) is 1. The highest BCUT2D eigenvalue weighted by Gasteiger charge is 2.46. The molecule has 0 aliphatic heterocycles. The third-order valence-corrected chi connectivity index (χ3v) is 5.98. The highest BCUT2D eigenvalue weighted by Crippen LogP contribution is 2.44. The topological polar surface area (TPSA) is 38.3 Å². The smallest absolute Gasteiger partial charge is 0.373 e. The molecule has 3 rings (SSSR count). The maximum Gasteiger partial charge on any atom is 0.398 e. The van der Waals surface area contributed by atoms with Gasteiger partial charge in [-0.2, -0.15) is 13.2 Å². The van der Waals surface area contributed by atoms with E-state index in [0.717, 1.165) is 17.7 Å². The number of ether oxygens (including phenoxy) is 1. The molecule has 2 atom stereocenters. The molecule has 9 heteroatoms. The first-order chi connectivity index (χ1) is 16.0. The van der Waals surface area contributed by atoms with Crippen molar-refractivity contribution in [3.05, 3.63) is 71.3 Å². The van der Waals surface area contributed by atoms with Crippen LogP contribution in [0.2, 0.25) is 0 Å². The number of benzene rings is 1. The normalized spacial score (nSPS) is 25.2. The molecule has 2 aliphatic rings. The standard InChI is InChI=1S/C24H26F5NO2.CH3F/c1-15(17-8-9-20(24(27,28)29)11-18(10-17)22(25)26)32-14-23(19-6-4-3-5-7-19)12-21(13-23)30-16(2)31;1-2/h3-11,15,20-22H,12-14H2,1-2H3,(H,30,31);1H3. The predicted molar refractivity (Wildman–Crippen MR) is 118 cm³/mol. The minimum Gasteiger partial charge on any atom is -0.373 e. The minimum atomic E-state index is -4.65. The second-order valence-corrected chi connectivity index (χ2v) is 8.44. The predicted octanol–water partition coefficient (Wildman–Crippen LogP) is 6.08. The van der Waals surface area contributed by atoms with Gasteiger partial charge >= 0.3 is 6.18 Å². The van der Waals surface area contributed by atoms with Crippen molar-refractivity contribution < 1.29 is 35.9 Å². The van der Waals surface area contributed by atoms with Crippen molar-refractivity contribution in [1.82, 2.24) is 5.32 Å². The van der Waals surface area contributed by atoms with E-state index in [1.807, 2.05) is 30.3 Å². The van der Waals surface area contributed by atoms with Crippen LogP contribution in [0.25, 0.3) is 0 Å². The molecule has 2 aliphatic carbocycles. The van der Waals surface area contributed by atoms with Crippen molar-refractivity contribution in [3.8, 4) is 0 Å². The quantitative estimate of drug-likeness (QED) is 0.472. The van der Waals surface area contributed by atoms with Crippen LogP contribution in [0, 0.1) is 5.92 Å². The highest BCUT2D eigenvalue weighted by molar-refractivity contribution is 5.73. The second kappa shape index (κ2) is 11.7. The fourth-order valence-corrected chi connectivity index (χ4v) is 4.24. The number of carbonyl (C=O) groups is 1. The third-order valence-electron chi connectivity index (χ3n) is 5.98. The van der Waals surface area contributed by atoms with Gasteiger partial charge in [0, 0.05) is 24.0 Å². The average molecular weight is 490 g/mol. The van der Waals surface area contributed by atoms with Crippen LogP contribution in [0.3, 0.4) is 0 Å². The van der Waals surface area contributed by atoms with E-state index in [1.54, 1.807) is 6.92 Å². The van der Waals surface area contributed by atoms with E-state index in [1.165, 1.54) is 13.0 Å². The Morgan fingerprint density at radius 2 is 1.76 bits per heavy atom. The van der Waals surface area contributed by atoms with Gasteiger partial charge in [0.15, 0.2) is 0 Å². The summed E-state index contributed by atoms with van der Waals surface area (Å²) in [6.45, 7) is 3.33. The van der Waals surface area contributed by atoms with Crippen LogP contribution >= 0.6 is 0 Å². The van der Waals surface area contributed by atoms with Gasteiger partial charge in [-0.1, -0.05) is 48.6 Å². The summed E-state index contributed by atoms with van der Waals surface area (Å²) in [7, 11) is 0.500. The van der Waals surface area contributed by atoms with Gasteiger partial charge in [-0.15, -0.1) is 0 Å². The number of amides is 1. The van der Waals surface area contributed by atoms with Crippen molar-refractivity contribution in [2.24, 2.45) is 5.92 Å². The summed E-state index contributed by atoms with van der Waals surface area (Å²) in [5.74, 6) is -2.20. The Kier molecular flexibility index (Phi) is 9.55. The van der Waals surface area contributed by atoms with Crippen molar-refractivity contribution in [2.45, 2.75) is 56.9 Å². The van der Waals surface area contributed by atoms with Crippen LogP contribution in [0.15, 0.2) is 65.8 Å². The van der Waals surface area contributed by atoms with Crippen LogP contribution in [0.5, 0.6) is 0 Å². The fraction of sp³-hybridized carbons (Fsp3) is 0.480. The van der Waals surface area contributed by atoms with Gasteiger partial charge < -0.3 is 10.1 Å². The van der Waals surface area contributed by atoms with Crippen molar-refractivity contribution in [2.75, 3.05) is 13.8 Å².